The van der Waals surface area contributed by atoms with Crippen LogP contribution in [0.4, 0.5) is 11.4 Å². The molecule has 0 unspecified atom stereocenters. The van der Waals surface area contributed by atoms with E-state index in [0.29, 0.717) is 18.3 Å². The minimum Gasteiger partial charge on any atom is -0.309 e. The fourth-order valence-corrected chi connectivity index (χ4v) is 7.69. The average Bonchev–Trinajstić information content (AvgIpc) is 3.57. The molecule has 0 fully saturated rings. The van der Waals surface area contributed by atoms with Gasteiger partial charge in [0.25, 0.3) is 0 Å². The molecule has 0 radical (unpaired) electrons. The summed E-state index contributed by atoms with van der Waals surface area (Å²) < 4.78 is 2.34. The Hall–Kier alpha value is -7.44. The lowest BCUT2D eigenvalue weighted by atomic mass is 9.90. The Morgan fingerprint density at radius 3 is 2.19 bits per heavy atom. The van der Waals surface area contributed by atoms with Crippen molar-refractivity contribution in [2.45, 2.75) is 20.4 Å². The predicted molar refractivity (Wildman–Crippen MR) is 246 cm³/mol. The van der Waals surface area contributed by atoms with Crippen molar-refractivity contribution >= 4 is 74.4 Å². The highest BCUT2D eigenvalue weighted by molar-refractivity contribution is 6.25. The van der Waals surface area contributed by atoms with Crippen LogP contribution in [-0.2, 0) is 6.54 Å². The normalized spacial score (nSPS) is 13.6. The third kappa shape index (κ3) is 6.78. The number of aromatic nitrogens is 1. The van der Waals surface area contributed by atoms with Gasteiger partial charge < -0.3 is 4.57 Å². The first kappa shape index (κ1) is 36.5. The molecule has 0 aliphatic carbocycles. The molecule has 276 valence electrons. The molecule has 0 saturated heterocycles. The number of hydrogen-bond acceptors (Lipinski definition) is 2. The number of hydrogen-bond donors (Lipinski definition) is 0. The summed E-state index contributed by atoms with van der Waals surface area (Å²) in [6.07, 6.45) is 13.0. The van der Waals surface area contributed by atoms with Gasteiger partial charge >= 0.3 is 0 Å². The topological polar surface area (TPSA) is 57.6 Å². The molecule has 8 rings (SSSR count). The molecular weight excluding hydrogens is 697 g/mol. The highest BCUT2D eigenvalue weighted by Crippen LogP contribution is 2.50. The largest absolute Gasteiger partial charge is 0.309 e. The van der Waals surface area contributed by atoms with Crippen LogP contribution in [-0.4, -0.2) is 29.3 Å². The van der Waals surface area contributed by atoms with Gasteiger partial charge in [-0.1, -0.05) is 135 Å². The fraction of sp³-hybridized carbons (Fsp3) is 0.0588. The quantitative estimate of drug-likeness (QED) is 0.0826. The number of para-hydroxylation sites is 1. The Labute approximate surface area is 333 Å². The molecular formula is C51H42N6. The van der Waals surface area contributed by atoms with Gasteiger partial charge in [-0.25, -0.2) is 9.98 Å². The number of benzene rings is 6. The third-order valence-electron chi connectivity index (χ3n) is 10.1. The minimum absolute atomic E-state index is 0.411. The number of guanidine groups is 1. The van der Waals surface area contributed by atoms with E-state index in [2.05, 4.69) is 137 Å². The minimum atomic E-state index is 0.411. The van der Waals surface area contributed by atoms with Crippen molar-refractivity contribution < 1.29 is 0 Å². The van der Waals surface area contributed by atoms with E-state index in [0.717, 1.165) is 83.2 Å². The molecule has 0 saturated carbocycles. The van der Waals surface area contributed by atoms with Crippen molar-refractivity contribution in [3.63, 3.8) is 0 Å². The van der Waals surface area contributed by atoms with Crippen LogP contribution in [0.1, 0.15) is 25.0 Å². The van der Waals surface area contributed by atoms with Gasteiger partial charge in [0.2, 0.25) is 5.96 Å². The maximum absolute atomic E-state index is 5.29. The third-order valence-corrected chi connectivity index (χ3v) is 10.1. The van der Waals surface area contributed by atoms with Crippen LogP contribution in [0.5, 0.6) is 0 Å². The summed E-state index contributed by atoms with van der Waals surface area (Å²) >= 11 is 0. The molecule has 0 bridgehead atoms. The Morgan fingerprint density at radius 2 is 1.47 bits per heavy atom. The average molecular weight is 739 g/mol. The van der Waals surface area contributed by atoms with Crippen LogP contribution in [0.3, 0.4) is 0 Å². The fourth-order valence-electron chi connectivity index (χ4n) is 7.69. The molecule has 6 aromatic carbocycles. The number of nitrogens with zero attached hydrogens (tertiary/aromatic N) is 6. The second kappa shape index (κ2) is 16.1. The van der Waals surface area contributed by atoms with Gasteiger partial charge in [0.1, 0.15) is 0 Å². The van der Waals surface area contributed by atoms with Crippen LogP contribution in [0, 0.1) is 0 Å². The van der Waals surface area contributed by atoms with Crippen LogP contribution < -0.4 is 4.90 Å². The number of rotatable bonds is 9. The molecule has 0 amide bonds. The molecule has 6 nitrogen and oxygen atoms in total. The molecule has 1 aromatic heterocycles. The van der Waals surface area contributed by atoms with E-state index in [9.17, 15) is 0 Å². The number of allylic oxidation sites excluding steroid dienone is 5. The second-order valence-electron chi connectivity index (χ2n) is 13.5. The summed E-state index contributed by atoms with van der Waals surface area (Å²) in [7, 11) is 0. The first-order valence-corrected chi connectivity index (χ1v) is 19.0. The molecule has 7 aromatic rings. The monoisotopic (exact) mass is 738 g/mol. The van der Waals surface area contributed by atoms with Gasteiger partial charge in [-0.3, -0.25) is 9.89 Å². The molecule has 0 spiro atoms. The van der Waals surface area contributed by atoms with Crippen LogP contribution in [0.15, 0.2) is 203 Å². The zero-order chi connectivity index (χ0) is 39.3. The number of anilines is 2. The lowest BCUT2D eigenvalue weighted by Crippen LogP contribution is -2.28. The molecule has 6 heteroatoms. The molecule has 0 atom stereocenters. The maximum atomic E-state index is 5.29. The Balaban J connectivity index is 1.48. The highest BCUT2D eigenvalue weighted by atomic mass is 15.3. The van der Waals surface area contributed by atoms with E-state index in [-0.39, 0.29) is 0 Å². The first-order chi connectivity index (χ1) is 28.1. The van der Waals surface area contributed by atoms with Crippen molar-refractivity contribution in [3.05, 3.63) is 194 Å². The summed E-state index contributed by atoms with van der Waals surface area (Å²) in [5.74, 6) is 0.934. The molecule has 1 aliphatic rings. The number of fused-ring (bicyclic) bond motifs is 5. The van der Waals surface area contributed by atoms with Crippen molar-refractivity contribution in [3.8, 4) is 16.8 Å². The summed E-state index contributed by atoms with van der Waals surface area (Å²) in [5, 5.41) is 4.50. The Morgan fingerprint density at radius 1 is 0.719 bits per heavy atom. The standard InChI is InChI=1S/C51H42N6/c1-6-18-37(19-7-2)50(52-5)55-51(54-34-35-20-12-10-13-21-35)57-46-27-17-23-36-22-16-26-40(49(36)46)42-32-43-41-31-38(44(9-4)53-30-8-3)28-29-45(41)56(47(43)33-48(42)57)39-24-14-11-15-25-39/h6-33H,1,3,5,34H2,2,4H3/b19-7-,37-18+,44-9-,53-30?,54-51?,55-50-. The van der Waals surface area contributed by atoms with Gasteiger partial charge in [-0.15, -0.1) is 0 Å². The first-order valence-electron chi connectivity index (χ1n) is 19.0. The molecule has 0 N–H and O–H groups in total. The van der Waals surface area contributed by atoms with E-state index in [1.165, 1.54) is 0 Å². The van der Waals surface area contributed by atoms with E-state index in [1.807, 2.05) is 62.4 Å². The summed E-state index contributed by atoms with van der Waals surface area (Å²) in [6, 6.07) is 44.9. The predicted octanol–water partition coefficient (Wildman–Crippen LogP) is 13.0. The second-order valence-corrected chi connectivity index (χ2v) is 13.5. The zero-order valence-corrected chi connectivity index (χ0v) is 32.2. The number of amidine groups is 1. The molecule has 57 heavy (non-hydrogen) atoms. The summed E-state index contributed by atoms with van der Waals surface area (Å²) in [5.41, 5.74) is 11.1. The Kier molecular flexibility index (Phi) is 10.3. The molecule has 2 heterocycles. The van der Waals surface area contributed by atoms with Gasteiger partial charge in [0.15, 0.2) is 5.84 Å². The smallest absolute Gasteiger partial charge is 0.232 e. The molecule has 1 aliphatic heterocycles. The SMILES string of the molecule is C=CC=N/C(=C\C)c1ccc2c(c1)c1cc3c(cc1n2-c1ccccc1)N(C(=NCc1ccccc1)/N=C(N=C)/C(/C=C\C)=C/C=C)c1cccc2cccc-3c12. The van der Waals surface area contributed by atoms with Gasteiger partial charge in [0, 0.05) is 44.8 Å². The summed E-state index contributed by atoms with van der Waals surface area (Å²) in [6.45, 7) is 16.1. The lowest BCUT2D eigenvalue weighted by molar-refractivity contribution is 1.05. The van der Waals surface area contributed by atoms with Crippen molar-refractivity contribution in [2.24, 2.45) is 20.0 Å². The van der Waals surface area contributed by atoms with E-state index in [1.54, 1.807) is 18.4 Å². The summed E-state index contributed by atoms with van der Waals surface area (Å²) in [4.78, 5) is 21.9. The zero-order valence-electron chi connectivity index (χ0n) is 32.2. The highest BCUT2D eigenvalue weighted by Gasteiger charge is 2.30. The van der Waals surface area contributed by atoms with Crippen molar-refractivity contribution in [2.75, 3.05) is 4.90 Å². The van der Waals surface area contributed by atoms with Crippen LogP contribution in [0.25, 0.3) is 55.1 Å². The van der Waals surface area contributed by atoms with E-state index in [4.69, 9.17) is 15.0 Å². The van der Waals surface area contributed by atoms with Crippen molar-refractivity contribution in [1.29, 1.82) is 0 Å². The van der Waals surface area contributed by atoms with Gasteiger partial charge in [-0.05, 0) is 79.5 Å². The van der Waals surface area contributed by atoms with Gasteiger partial charge in [-0.2, -0.15) is 4.99 Å². The maximum Gasteiger partial charge on any atom is 0.232 e. The van der Waals surface area contributed by atoms with Crippen LogP contribution in [0.2, 0.25) is 0 Å². The Bertz CT molecular complexity index is 2880. The lowest BCUT2D eigenvalue weighted by Gasteiger charge is -2.33. The van der Waals surface area contributed by atoms with E-state index < -0.39 is 0 Å². The van der Waals surface area contributed by atoms with Crippen LogP contribution >= 0.6 is 0 Å². The van der Waals surface area contributed by atoms with Gasteiger partial charge in [0.05, 0.1) is 34.6 Å². The van der Waals surface area contributed by atoms with Crippen molar-refractivity contribution in [1.82, 2.24) is 4.57 Å². The van der Waals surface area contributed by atoms with E-state index >= 15 is 0 Å². The number of aliphatic imine (C=N–C) groups is 4.